The van der Waals surface area contributed by atoms with Gasteiger partial charge in [0.2, 0.25) is 18.0 Å². The second-order valence-corrected chi connectivity index (χ2v) is 9.81. The molecular weight excluding hydrogens is 504 g/mol. The lowest BCUT2D eigenvalue weighted by Gasteiger charge is -2.26. The normalized spacial score (nSPS) is 18.9. The predicted molar refractivity (Wildman–Crippen MR) is 133 cm³/mol. The zero-order chi connectivity index (χ0) is 27.6. The van der Waals surface area contributed by atoms with Crippen LogP contribution in [0.25, 0.3) is 0 Å². The fourth-order valence-electron chi connectivity index (χ4n) is 4.64. The van der Waals surface area contributed by atoms with E-state index in [1.165, 1.54) is 13.0 Å². The number of carbonyl (C=O) groups excluding carboxylic acids is 3. The fraction of sp³-hybridized carbons (Fsp3) is 0.407. The number of alkyl halides is 3. The molecule has 0 bridgehead atoms. The second-order valence-electron chi connectivity index (χ2n) is 9.81. The number of nitrogens with one attached hydrogen (secondary N) is 2. The van der Waals surface area contributed by atoms with Gasteiger partial charge in [-0.05, 0) is 31.2 Å². The minimum Gasteiger partial charge on any atom is -0.369 e. The molecular formula is C27H28F4N4O3. The summed E-state index contributed by atoms with van der Waals surface area (Å²) in [4.78, 5) is 43.1. The Bertz CT molecular complexity index is 1260. The van der Waals surface area contributed by atoms with Gasteiger partial charge < -0.3 is 16.4 Å². The van der Waals surface area contributed by atoms with Crippen LogP contribution in [0.1, 0.15) is 48.8 Å². The minimum atomic E-state index is -4.56. The molecule has 0 aromatic heterocycles. The zero-order valence-electron chi connectivity index (χ0n) is 20.6. The average Bonchev–Trinajstić information content (AvgIpc) is 3.69. The number of aliphatic imine (C=N–C) groups is 1. The van der Waals surface area contributed by atoms with Crippen LogP contribution in [-0.2, 0) is 14.4 Å². The number of nitrogens with two attached hydrogens (primary N) is 1. The average molecular weight is 533 g/mol. The van der Waals surface area contributed by atoms with Crippen LogP contribution >= 0.6 is 0 Å². The first kappa shape index (κ1) is 27.3. The van der Waals surface area contributed by atoms with Crippen LogP contribution in [0.5, 0.6) is 0 Å². The molecule has 1 fully saturated rings. The van der Waals surface area contributed by atoms with Crippen molar-refractivity contribution in [3.63, 3.8) is 0 Å². The second kappa shape index (κ2) is 10.9. The summed E-state index contributed by atoms with van der Waals surface area (Å²) >= 11 is 0. The Hall–Kier alpha value is -3.76. The fourth-order valence-corrected chi connectivity index (χ4v) is 4.64. The van der Waals surface area contributed by atoms with Crippen LogP contribution in [0, 0.1) is 30.5 Å². The molecule has 0 spiro atoms. The van der Waals surface area contributed by atoms with Crippen molar-refractivity contribution in [2.75, 3.05) is 5.32 Å². The molecule has 2 aromatic carbocycles. The van der Waals surface area contributed by atoms with Crippen LogP contribution in [0.3, 0.4) is 0 Å². The Labute approximate surface area is 216 Å². The van der Waals surface area contributed by atoms with Crippen LogP contribution in [-0.4, -0.2) is 35.8 Å². The first-order chi connectivity index (χ1) is 17.9. The molecule has 0 radical (unpaired) electrons. The molecule has 7 nitrogen and oxygen atoms in total. The number of hydrogen-bond donors (Lipinski definition) is 3. The van der Waals surface area contributed by atoms with Crippen molar-refractivity contribution in [2.45, 2.75) is 51.4 Å². The smallest absolute Gasteiger partial charge is 0.369 e. The van der Waals surface area contributed by atoms with Gasteiger partial charge in [0, 0.05) is 29.4 Å². The predicted octanol–water partition coefficient (Wildman–Crippen LogP) is 4.23. The maximum Gasteiger partial charge on any atom is 0.389 e. The Morgan fingerprint density at radius 2 is 1.82 bits per heavy atom. The van der Waals surface area contributed by atoms with Gasteiger partial charge in [-0.2, -0.15) is 13.2 Å². The molecule has 2 aromatic rings. The molecule has 2 aliphatic rings. The number of aryl methyl sites for hydroxylation is 1. The highest BCUT2D eigenvalue weighted by molar-refractivity contribution is 6.20. The number of anilines is 1. The number of rotatable bonds is 9. The lowest BCUT2D eigenvalue weighted by molar-refractivity contribution is -0.146. The summed E-state index contributed by atoms with van der Waals surface area (Å²) in [7, 11) is 0. The Kier molecular flexibility index (Phi) is 7.84. The largest absolute Gasteiger partial charge is 0.389 e. The van der Waals surface area contributed by atoms with Gasteiger partial charge in [0.1, 0.15) is 5.82 Å². The molecule has 1 heterocycles. The third-order valence-corrected chi connectivity index (χ3v) is 6.88. The van der Waals surface area contributed by atoms with E-state index in [0.717, 1.165) is 12.8 Å². The maximum atomic E-state index is 15.1. The van der Waals surface area contributed by atoms with Crippen LogP contribution < -0.4 is 16.4 Å². The van der Waals surface area contributed by atoms with Gasteiger partial charge in [0.05, 0.1) is 11.4 Å². The summed E-state index contributed by atoms with van der Waals surface area (Å²) in [5.41, 5.74) is 6.69. The van der Waals surface area contributed by atoms with Crippen molar-refractivity contribution in [3.05, 3.63) is 65.0 Å². The molecule has 4 N–H and O–H groups in total. The maximum absolute atomic E-state index is 15.1. The van der Waals surface area contributed by atoms with E-state index in [0.29, 0.717) is 5.56 Å². The molecule has 4 rings (SSSR count). The molecule has 202 valence electrons. The minimum absolute atomic E-state index is 0.110. The van der Waals surface area contributed by atoms with Crippen LogP contribution in [0.2, 0.25) is 0 Å². The highest BCUT2D eigenvalue weighted by Gasteiger charge is 2.41. The molecule has 3 unspecified atom stereocenters. The number of primary amides is 1. The lowest BCUT2D eigenvalue weighted by Crippen LogP contribution is -2.48. The van der Waals surface area contributed by atoms with Crippen molar-refractivity contribution < 1.29 is 31.9 Å². The van der Waals surface area contributed by atoms with Gasteiger partial charge in [0.25, 0.3) is 5.91 Å². The van der Waals surface area contributed by atoms with E-state index in [-0.39, 0.29) is 34.9 Å². The third-order valence-electron chi connectivity index (χ3n) is 6.88. The quantitative estimate of drug-likeness (QED) is 0.420. The molecule has 1 aliphatic carbocycles. The number of carbonyl (C=O) groups is 3. The van der Waals surface area contributed by atoms with Gasteiger partial charge in [0.15, 0.2) is 0 Å². The van der Waals surface area contributed by atoms with Crippen molar-refractivity contribution in [1.29, 1.82) is 0 Å². The van der Waals surface area contributed by atoms with Crippen LogP contribution in [0.4, 0.5) is 23.2 Å². The number of hydrogen-bond acceptors (Lipinski definition) is 4. The van der Waals surface area contributed by atoms with E-state index < -0.39 is 60.6 Å². The first-order valence-electron chi connectivity index (χ1n) is 12.3. The monoisotopic (exact) mass is 532 g/mol. The summed E-state index contributed by atoms with van der Waals surface area (Å²) in [6.07, 6.45) is -6.33. The van der Waals surface area contributed by atoms with Crippen molar-refractivity contribution in [3.8, 4) is 0 Å². The number of benzodiazepines with no additional fused rings is 1. The number of fused-ring (bicyclic) bond motifs is 1. The SMILES string of the molecule is Cc1ccc2c(c1F)NC(=O)C(NC(=O)C(CCC(F)(F)F)C(CC1CC1)C(N)=O)N=C2c1ccccc1. The molecule has 3 atom stereocenters. The molecule has 1 saturated carbocycles. The van der Waals surface area contributed by atoms with E-state index in [4.69, 9.17) is 5.73 Å². The first-order valence-corrected chi connectivity index (χ1v) is 12.3. The van der Waals surface area contributed by atoms with E-state index in [2.05, 4.69) is 15.6 Å². The molecule has 11 heteroatoms. The summed E-state index contributed by atoms with van der Waals surface area (Å²) < 4.78 is 54.3. The molecule has 3 amide bonds. The van der Waals surface area contributed by atoms with E-state index >= 15 is 4.39 Å². The molecule has 1 aliphatic heterocycles. The third kappa shape index (κ3) is 6.38. The standard InChI is InChI=1S/C27H28F4N4O3/c1-14-7-10-18-21(16-5-3-2-4-6-16)33-24(26(38)34-22(18)20(14)28)35-25(37)17(11-12-27(29,30)31)19(23(32)36)13-15-8-9-15/h2-7,10,15,17,19,24H,8-9,11-13H2,1H3,(H2,32,36)(H,34,38)(H,35,37). The lowest BCUT2D eigenvalue weighted by atomic mass is 9.83. The van der Waals surface area contributed by atoms with Gasteiger partial charge in [-0.1, -0.05) is 55.3 Å². The van der Waals surface area contributed by atoms with E-state index in [1.54, 1.807) is 36.4 Å². The zero-order valence-corrected chi connectivity index (χ0v) is 20.6. The highest BCUT2D eigenvalue weighted by atomic mass is 19.4. The Morgan fingerprint density at radius 1 is 1.13 bits per heavy atom. The summed E-state index contributed by atoms with van der Waals surface area (Å²) in [6.45, 7) is 1.53. The summed E-state index contributed by atoms with van der Waals surface area (Å²) in [6, 6.07) is 11.7. The Balaban J connectivity index is 1.69. The van der Waals surface area contributed by atoms with E-state index in [9.17, 15) is 27.6 Å². The molecule has 0 saturated heterocycles. The van der Waals surface area contributed by atoms with Gasteiger partial charge in [-0.25, -0.2) is 9.38 Å². The summed E-state index contributed by atoms with van der Waals surface area (Å²) in [5.74, 6) is -5.80. The van der Waals surface area contributed by atoms with Crippen LogP contribution in [0.15, 0.2) is 47.5 Å². The van der Waals surface area contributed by atoms with E-state index in [1.807, 2.05) is 0 Å². The number of nitrogens with zero attached hydrogens (tertiary/aromatic N) is 1. The number of halogens is 4. The van der Waals surface area contributed by atoms with Crippen molar-refractivity contribution in [1.82, 2.24) is 5.32 Å². The Morgan fingerprint density at radius 3 is 2.42 bits per heavy atom. The highest BCUT2D eigenvalue weighted by Crippen LogP contribution is 2.39. The number of benzene rings is 2. The van der Waals surface area contributed by atoms with Gasteiger partial charge in [-0.15, -0.1) is 0 Å². The van der Waals surface area contributed by atoms with Gasteiger partial charge in [-0.3, -0.25) is 14.4 Å². The van der Waals surface area contributed by atoms with Gasteiger partial charge >= 0.3 is 6.18 Å². The van der Waals surface area contributed by atoms with Crippen molar-refractivity contribution >= 4 is 29.1 Å². The summed E-state index contributed by atoms with van der Waals surface area (Å²) in [5, 5.41) is 4.87. The topological polar surface area (TPSA) is 114 Å². The number of amides is 3. The van der Waals surface area contributed by atoms with Crippen molar-refractivity contribution in [2.24, 2.45) is 28.5 Å². The molecule has 38 heavy (non-hydrogen) atoms.